The molecule has 1 fully saturated rings. The van der Waals surface area contributed by atoms with Crippen molar-refractivity contribution in [3.8, 4) is 0 Å². The van der Waals surface area contributed by atoms with Crippen molar-refractivity contribution in [3.05, 3.63) is 0 Å². The third-order valence-corrected chi connectivity index (χ3v) is 13.2. The molecule has 0 aromatic carbocycles. The molecule has 476 valence electrons. The number of unbranched alkanes of at least 4 members (excludes halogenated alkanes) is 2. The Bertz CT molecular complexity index is 2300. The Kier molecular flexibility index (Phi) is 34.1. The quantitative estimate of drug-likeness (QED) is 0.0154. The predicted molar refractivity (Wildman–Crippen MR) is 305 cm³/mol. The number of hydrogen-bond donors (Lipinski definition) is 18. The number of hydrogen-bond acceptors (Lipinski definition) is 18. The molecule has 1 aliphatic heterocycles. The molecule has 0 saturated carbocycles. The molecule has 10 amide bonds. The maximum atomic E-state index is 14.0. The number of nitrogens with one attached hydrogen (secondary N) is 8. The Balaban J connectivity index is 3.22. The highest BCUT2D eigenvalue weighted by Gasteiger charge is 2.39. The molecule has 11 atom stereocenters. The van der Waals surface area contributed by atoms with Crippen molar-refractivity contribution < 1.29 is 72.9 Å². The molecule has 0 aromatic heterocycles. The maximum Gasteiger partial charge on any atom is 0.323 e. The number of guanidine groups is 2. The van der Waals surface area contributed by atoms with Crippen molar-refractivity contribution >= 4 is 82.9 Å². The molecule has 0 spiro atoms. The standard InChI is InChI=1S/C50H91N19O15/c1-26(60-40(76)27(2)62-42(78)33(18-19-36(71)72)65-44(80)32(15-10-22-58-49(54)55)66-46(82)35-17-12-24-69(35)48(84)38(53)29(4)70)39(75)61-28(3)41(77)63-30(13-6-8-20-51)43(79)64-31(14-7-9-21-52)45(81)67-34(16-11-23-59-50(56)57)47(83)68(5)25-37(73)74/h26-35,38,70H,6-25,51-53H2,1-5H3,(H,60,76)(H,61,75)(H,62,78)(H,63,77)(H,64,79)(H,65,80)(H,66,82)(H,67,81)(H,71,72)(H,73,74)(H4,54,55,58)(H4,56,57,59)/t26-,27-,28-,29+,30-,31-,32-,33-,34-,35-,38-/m0/s1. The first-order valence-electron chi connectivity index (χ1n) is 27.8. The molecule has 34 heteroatoms. The van der Waals surface area contributed by atoms with E-state index in [9.17, 15) is 72.9 Å². The molecule has 25 N–H and O–H groups in total. The van der Waals surface area contributed by atoms with Crippen LogP contribution in [0.4, 0.5) is 0 Å². The number of carboxylic acid groups (broad SMARTS) is 2. The lowest BCUT2D eigenvalue weighted by Gasteiger charge is -2.29. The lowest BCUT2D eigenvalue weighted by atomic mass is 10.0. The topological polar surface area (TPSA) is 575 Å². The fraction of sp³-hybridized carbons (Fsp3) is 0.720. The van der Waals surface area contributed by atoms with Crippen LogP contribution in [0, 0.1) is 0 Å². The molecular weight excluding hydrogens is 1110 g/mol. The van der Waals surface area contributed by atoms with E-state index in [0.717, 1.165) is 4.90 Å². The molecule has 0 aliphatic carbocycles. The van der Waals surface area contributed by atoms with Crippen LogP contribution in [-0.4, -0.2) is 221 Å². The summed E-state index contributed by atoms with van der Waals surface area (Å²) in [5.74, 6) is -11.5. The van der Waals surface area contributed by atoms with Crippen molar-refractivity contribution in [2.75, 3.05) is 46.3 Å². The van der Waals surface area contributed by atoms with Gasteiger partial charge >= 0.3 is 11.9 Å². The van der Waals surface area contributed by atoms with Gasteiger partial charge in [-0.25, -0.2) is 0 Å². The SMILES string of the molecule is C[C@H](NC(=O)[C@H](C)NC(=O)[C@H](CCC(=O)O)NC(=O)[C@H](CCCN=C(N)N)NC(=O)[C@@H]1CCCN1C(=O)[C@@H](N)[C@@H](C)O)C(=O)N[C@@H](C)C(=O)N[C@@H](CCCCN)C(=O)N[C@@H](CCCCN)C(=O)N[C@@H](CCCN=C(N)N)C(=O)N(C)CC(=O)O. The van der Waals surface area contributed by atoms with Gasteiger partial charge in [-0.2, -0.15) is 0 Å². The second kappa shape index (κ2) is 38.7. The number of aliphatic hydroxyl groups excluding tert-OH is 1. The number of likely N-dealkylation sites (tertiary alicyclic amines) is 1. The van der Waals surface area contributed by atoms with Crippen LogP contribution in [0.5, 0.6) is 0 Å². The summed E-state index contributed by atoms with van der Waals surface area (Å²) in [7, 11) is 1.24. The molecule has 1 saturated heterocycles. The Labute approximate surface area is 487 Å². The molecule has 0 unspecified atom stereocenters. The van der Waals surface area contributed by atoms with Crippen molar-refractivity contribution in [1.82, 2.24) is 52.3 Å². The molecule has 0 radical (unpaired) electrons. The summed E-state index contributed by atoms with van der Waals surface area (Å²) in [6.45, 7) is 5.16. The van der Waals surface area contributed by atoms with Crippen molar-refractivity contribution in [3.63, 3.8) is 0 Å². The number of carbonyl (C=O) groups excluding carboxylic acids is 10. The lowest BCUT2D eigenvalue weighted by Crippen LogP contribution is -2.59. The van der Waals surface area contributed by atoms with Crippen LogP contribution in [0.2, 0.25) is 0 Å². The number of nitrogens with zero attached hydrogens (tertiary/aromatic N) is 4. The Morgan fingerprint density at radius 3 is 1.35 bits per heavy atom. The highest BCUT2D eigenvalue weighted by molar-refractivity contribution is 5.99. The van der Waals surface area contributed by atoms with Gasteiger partial charge in [-0.05, 0) is 124 Å². The Morgan fingerprint density at radius 1 is 0.536 bits per heavy atom. The minimum atomic E-state index is -1.60. The van der Waals surface area contributed by atoms with Gasteiger partial charge in [0.25, 0.3) is 0 Å². The van der Waals surface area contributed by atoms with Crippen LogP contribution in [0.1, 0.15) is 118 Å². The third kappa shape index (κ3) is 27.9. The second-order valence-electron chi connectivity index (χ2n) is 20.4. The van der Waals surface area contributed by atoms with Gasteiger partial charge in [-0.1, -0.05) is 0 Å². The fourth-order valence-corrected chi connectivity index (χ4v) is 8.41. The highest BCUT2D eigenvalue weighted by Crippen LogP contribution is 2.20. The fourth-order valence-electron chi connectivity index (χ4n) is 8.41. The van der Waals surface area contributed by atoms with E-state index < -0.39 is 157 Å². The van der Waals surface area contributed by atoms with Gasteiger partial charge in [0.1, 0.15) is 67.0 Å². The zero-order valence-electron chi connectivity index (χ0n) is 48.6. The summed E-state index contributed by atoms with van der Waals surface area (Å²) in [4.78, 5) is 169. The summed E-state index contributed by atoms with van der Waals surface area (Å²) in [6.07, 6.45) is 0.0853. The maximum absolute atomic E-state index is 14.0. The highest BCUT2D eigenvalue weighted by atomic mass is 16.4. The predicted octanol–water partition coefficient (Wildman–Crippen LogP) is -7.60. The van der Waals surface area contributed by atoms with Crippen LogP contribution in [-0.2, 0) is 57.5 Å². The van der Waals surface area contributed by atoms with Crippen LogP contribution < -0.4 is 82.7 Å². The van der Waals surface area contributed by atoms with Crippen molar-refractivity contribution in [2.24, 2.45) is 50.1 Å². The van der Waals surface area contributed by atoms with Gasteiger partial charge in [0.15, 0.2) is 11.9 Å². The van der Waals surface area contributed by atoms with Crippen molar-refractivity contribution in [2.45, 2.75) is 184 Å². The Morgan fingerprint density at radius 2 is 0.917 bits per heavy atom. The number of aliphatic hydroxyl groups is 1. The van der Waals surface area contributed by atoms with Gasteiger partial charge < -0.3 is 108 Å². The average molecular weight is 1200 g/mol. The molecule has 84 heavy (non-hydrogen) atoms. The van der Waals surface area contributed by atoms with Crippen LogP contribution in [0.3, 0.4) is 0 Å². The van der Waals surface area contributed by atoms with E-state index in [1.54, 1.807) is 0 Å². The molecule has 0 aromatic rings. The minimum absolute atomic E-state index is 0.0134. The van der Waals surface area contributed by atoms with E-state index in [1.165, 1.54) is 39.6 Å². The van der Waals surface area contributed by atoms with E-state index in [4.69, 9.17) is 40.1 Å². The van der Waals surface area contributed by atoms with E-state index >= 15 is 0 Å². The molecule has 1 rings (SSSR count). The third-order valence-electron chi connectivity index (χ3n) is 13.2. The van der Waals surface area contributed by atoms with E-state index in [0.29, 0.717) is 32.1 Å². The smallest absolute Gasteiger partial charge is 0.323 e. The number of rotatable bonds is 40. The van der Waals surface area contributed by atoms with Gasteiger partial charge in [0, 0.05) is 33.1 Å². The summed E-state index contributed by atoms with van der Waals surface area (Å²) in [6, 6.07) is -13.3. The number of amides is 10. The van der Waals surface area contributed by atoms with E-state index in [1.807, 2.05) is 0 Å². The van der Waals surface area contributed by atoms with Crippen LogP contribution in [0.15, 0.2) is 9.98 Å². The summed E-state index contributed by atoms with van der Waals surface area (Å²) >= 11 is 0. The molecule has 1 heterocycles. The zero-order chi connectivity index (χ0) is 63.8. The number of aliphatic imine (C=N–C) groups is 2. The van der Waals surface area contributed by atoms with Crippen molar-refractivity contribution in [1.29, 1.82) is 0 Å². The van der Waals surface area contributed by atoms with Gasteiger partial charge in [-0.15, -0.1) is 0 Å². The van der Waals surface area contributed by atoms with E-state index in [2.05, 4.69) is 52.5 Å². The number of aliphatic carboxylic acids is 2. The number of likely N-dealkylation sites (N-methyl/N-ethyl adjacent to an activating group) is 1. The Hall–Kier alpha value is -7.98. The van der Waals surface area contributed by atoms with Gasteiger partial charge in [-0.3, -0.25) is 67.5 Å². The lowest BCUT2D eigenvalue weighted by molar-refractivity contribution is -0.145. The van der Waals surface area contributed by atoms with Gasteiger partial charge in [0.2, 0.25) is 59.1 Å². The first kappa shape index (κ1) is 74.0. The summed E-state index contributed by atoms with van der Waals surface area (Å²) in [5.41, 5.74) is 38.9. The first-order valence-corrected chi connectivity index (χ1v) is 27.8. The number of carboxylic acids is 2. The first-order chi connectivity index (χ1) is 39.4. The van der Waals surface area contributed by atoms with Crippen LogP contribution in [0.25, 0.3) is 0 Å². The number of nitrogens with two attached hydrogens (primary N) is 7. The molecule has 1 aliphatic rings. The second-order valence-corrected chi connectivity index (χ2v) is 20.4. The minimum Gasteiger partial charge on any atom is -0.481 e. The van der Waals surface area contributed by atoms with Gasteiger partial charge in [0.05, 0.1) is 6.10 Å². The molecule has 34 nitrogen and oxygen atoms in total. The monoisotopic (exact) mass is 1200 g/mol. The number of carbonyl (C=O) groups is 12. The summed E-state index contributed by atoms with van der Waals surface area (Å²) < 4.78 is 0. The largest absolute Gasteiger partial charge is 0.481 e. The van der Waals surface area contributed by atoms with Crippen LogP contribution >= 0.6 is 0 Å². The van der Waals surface area contributed by atoms with E-state index in [-0.39, 0.29) is 89.6 Å². The average Bonchev–Trinajstić information content (AvgIpc) is 3.92. The normalized spacial score (nSPS) is 16.3. The molecular formula is C50H91N19O15. The summed E-state index contributed by atoms with van der Waals surface area (Å²) in [5, 5.41) is 48.7. The molecule has 0 bridgehead atoms. The zero-order valence-corrected chi connectivity index (χ0v) is 48.6.